The summed E-state index contributed by atoms with van der Waals surface area (Å²) >= 11 is 0. The molecule has 1 aliphatic heterocycles. The molecule has 5 nitrogen and oxygen atoms in total. The van der Waals surface area contributed by atoms with Crippen molar-refractivity contribution in [3.8, 4) is 5.75 Å². The van der Waals surface area contributed by atoms with Crippen LogP contribution in [0, 0.1) is 6.92 Å². The number of nitrogens with zero attached hydrogens (tertiary/aromatic N) is 1. The number of rotatable bonds is 5. The molecule has 2 aromatic rings. The van der Waals surface area contributed by atoms with Crippen molar-refractivity contribution < 1.29 is 22.6 Å². The van der Waals surface area contributed by atoms with Crippen molar-refractivity contribution in [1.82, 2.24) is 0 Å². The molecule has 0 saturated carbocycles. The summed E-state index contributed by atoms with van der Waals surface area (Å²) in [6, 6.07) is 13.6. The molecule has 0 amide bonds. The number of nitrogens with two attached hydrogens (primary N) is 1. The molecule has 8 heteroatoms. The predicted octanol–water partition coefficient (Wildman–Crippen LogP) is 4.37. The summed E-state index contributed by atoms with van der Waals surface area (Å²) in [6.07, 6.45) is -3.03. The Labute approximate surface area is 167 Å². The zero-order valence-electron chi connectivity index (χ0n) is 16.1. The molecule has 1 saturated heterocycles. The Morgan fingerprint density at radius 2 is 1.79 bits per heavy atom. The zero-order valence-corrected chi connectivity index (χ0v) is 16.1. The fourth-order valence-corrected chi connectivity index (χ4v) is 3.61. The molecule has 29 heavy (non-hydrogen) atoms. The van der Waals surface area contributed by atoms with Gasteiger partial charge < -0.3 is 20.5 Å². The first-order valence-electron chi connectivity index (χ1n) is 9.34. The van der Waals surface area contributed by atoms with E-state index in [1.54, 1.807) is 0 Å². The van der Waals surface area contributed by atoms with Crippen LogP contribution in [0.15, 0.2) is 53.5 Å². The summed E-state index contributed by atoms with van der Waals surface area (Å²) in [5.41, 5.74) is 8.86. The molecule has 156 valence electrons. The topological polar surface area (TPSA) is 68.9 Å². The second kappa shape index (κ2) is 8.73. The maximum Gasteiger partial charge on any atom is 0.573 e. The van der Waals surface area contributed by atoms with E-state index in [0.29, 0.717) is 25.4 Å². The van der Waals surface area contributed by atoms with E-state index < -0.39 is 6.36 Å². The Hall–Kier alpha value is -2.74. The maximum atomic E-state index is 12.2. The number of aryl methyl sites for hydroxylation is 1. The molecule has 0 aromatic heterocycles. The molecule has 1 heterocycles. The normalized spacial score (nSPS) is 17.0. The molecule has 1 aliphatic rings. The van der Waals surface area contributed by atoms with E-state index in [0.717, 1.165) is 12.8 Å². The van der Waals surface area contributed by atoms with Gasteiger partial charge in [-0.05, 0) is 55.2 Å². The number of alkyl halides is 3. The first-order chi connectivity index (χ1) is 13.8. The number of anilines is 1. The van der Waals surface area contributed by atoms with Gasteiger partial charge in [-0.3, -0.25) is 4.99 Å². The van der Waals surface area contributed by atoms with E-state index in [-0.39, 0.29) is 17.1 Å². The highest BCUT2D eigenvalue weighted by Gasteiger charge is 2.35. The average Bonchev–Trinajstić information content (AvgIpc) is 2.68. The lowest BCUT2D eigenvalue weighted by molar-refractivity contribution is -0.274. The van der Waals surface area contributed by atoms with Crippen LogP contribution in [0.1, 0.15) is 24.0 Å². The van der Waals surface area contributed by atoms with Gasteiger partial charge in [0, 0.05) is 24.3 Å². The molecule has 0 radical (unpaired) electrons. The quantitative estimate of drug-likeness (QED) is 0.571. The molecule has 3 N–H and O–H groups in total. The van der Waals surface area contributed by atoms with Crippen molar-refractivity contribution in [2.45, 2.75) is 31.5 Å². The van der Waals surface area contributed by atoms with Crippen LogP contribution in [0.4, 0.5) is 18.9 Å². The van der Waals surface area contributed by atoms with Gasteiger partial charge in [-0.1, -0.05) is 24.3 Å². The molecule has 0 bridgehead atoms. The van der Waals surface area contributed by atoms with E-state index in [4.69, 9.17) is 10.5 Å². The van der Waals surface area contributed by atoms with Crippen molar-refractivity contribution in [2.75, 3.05) is 25.1 Å². The van der Waals surface area contributed by atoms with Crippen molar-refractivity contribution in [3.63, 3.8) is 0 Å². The van der Waals surface area contributed by atoms with Crippen LogP contribution in [0.3, 0.4) is 0 Å². The summed E-state index contributed by atoms with van der Waals surface area (Å²) in [7, 11) is 0. The summed E-state index contributed by atoms with van der Waals surface area (Å²) in [5, 5.41) is 2.91. The number of halogens is 3. The predicted molar refractivity (Wildman–Crippen MR) is 106 cm³/mol. The molecule has 1 fully saturated rings. The lowest BCUT2D eigenvalue weighted by Gasteiger charge is -2.37. The summed E-state index contributed by atoms with van der Waals surface area (Å²) in [5.74, 6) is -0.0896. The van der Waals surface area contributed by atoms with Gasteiger partial charge in [0.05, 0.1) is 6.54 Å². The largest absolute Gasteiger partial charge is 0.573 e. The third-order valence-electron chi connectivity index (χ3n) is 5.08. The SMILES string of the molecule is Cc1ccccc1C1(CN=C(N)Nc2ccc(OC(F)(F)F)cc2)CCOCC1. The fraction of sp³-hybridized carbons (Fsp3) is 0.381. The van der Waals surface area contributed by atoms with E-state index in [2.05, 4.69) is 34.1 Å². The zero-order chi connectivity index (χ0) is 20.9. The number of hydrogen-bond acceptors (Lipinski definition) is 3. The summed E-state index contributed by atoms with van der Waals surface area (Å²) < 4.78 is 46.2. The first kappa shape index (κ1) is 21.0. The minimum atomic E-state index is -4.72. The van der Waals surface area contributed by atoms with Crippen LogP contribution in [0.5, 0.6) is 5.75 Å². The second-order valence-corrected chi connectivity index (χ2v) is 7.11. The van der Waals surface area contributed by atoms with Crippen molar-refractivity contribution in [3.05, 3.63) is 59.7 Å². The average molecular weight is 407 g/mol. The van der Waals surface area contributed by atoms with Gasteiger partial charge in [0.1, 0.15) is 5.75 Å². The van der Waals surface area contributed by atoms with Gasteiger partial charge in [0.2, 0.25) is 0 Å². The van der Waals surface area contributed by atoms with Crippen LogP contribution in [-0.2, 0) is 10.2 Å². The Morgan fingerprint density at radius 1 is 1.14 bits per heavy atom. The van der Waals surface area contributed by atoms with Crippen molar-refractivity contribution >= 4 is 11.6 Å². The van der Waals surface area contributed by atoms with Gasteiger partial charge in [-0.2, -0.15) is 0 Å². The van der Waals surface area contributed by atoms with Crippen molar-refractivity contribution in [1.29, 1.82) is 0 Å². The van der Waals surface area contributed by atoms with Crippen LogP contribution in [-0.4, -0.2) is 32.1 Å². The lowest BCUT2D eigenvalue weighted by Crippen LogP contribution is -2.38. The van der Waals surface area contributed by atoms with Gasteiger partial charge in [-0.25, -0.2) is 0 Å². The van der Waals surface area contributed by atoms with Gasteiger partial charge in [0.15, 0.2) is 5.96 Å². The van der Waals surface area contributed by atoms with Gasteiger partial charge in [0.25, 0.3) is 0 Å². The minimum absolute atomic E-state index is 0.152. The number of ether oxygens (including phenoxy) is 2. The van der Waals surface area contributed by atoms with Gasteiger partial charge in [-0.15, -0.1) is 13.2 Å². The first-order valence-corrected chi connectivity index (χ1v) is 9.34. The highest BCUT2D eigenvalue weighted by Crippen LogP contribution is 2.37. The highest BCUT2D eigenvalue weighted by molar-refractivity contribution is 5.92. The van der Waals surface area contributed by atoms with Crippen LogP contribution < -0.4 is 15.8 Å². The number of nitrogens with one attached hydrogen (secondary N) is 1. The molecule has 0 spiro atoms. The molecular weight excluding hydrogens is 383 g/mol. The van der Waals surface area contributed by atoms with Crippen molar-refractivity contribution in [2.24, 2.45) is 10.7 Å². The Balaban J connectivity index is 1.71. The maximum absolute atomic E-state index is 12.2. The smallest absolute Gasteiger partial charge is 0.406 e. The Morgan fingerprint density at radius 3 is 2.41 bits per heavy atom. The number of benzene rings is 2. The molecule has 3 rings (SSSR count). The fourth-order valence-electron chi connectivity index (χ4n) is 3.61. The molecule has 0 aliphatic carbocycles. The summed E-state index contributed by atoms with van der Waals surface area (Å²) in [6.45, 7) is 3.91. The highest BCUT2D eigenvalue weighted by atomic mass is 19.4. The minimum Gasteiger partial charge on any atom is -0.406 e. The number of aliphatic imine (C=N–C) groups is 1. The van der Waals surface area contributed by atoms with E-state index >= 15 is 0 Å². The second-order valence-electron chi connectivity index (χ2n) is 7.11. The van der Waals surface area contributed by atoms with E-state index in [1.807, 2.05) is 12.1 Å². The van der Waals surface area contributed by atoms with Gasteiger partial charge >= 0.3 is 6.36 Å². The third kappa shape index (κ3) is 5.63. The third-order valence-corrected chi connectivity index (χ3v) is 5.08. The number of hydrogen-bond donors (Lipinski definition) is 2. The van der Waals surface area contributed by atoms with Crippen LogP contribution in [0.2, 0.25) is 0 Å². The molecule has 0 atom stereocenters. The molecule has 2 aromatic carbocycles. The van der Waals surface area contributed by atoms with Crippen LogP contribution >= 0.6 is 0 Å². The monoisotopic (exact) mass is 407 g/mol. The van der Waals surface area contributed by atoms with Crippen LogP contribution in [0.25, 0.3) is 0 Å². The Bertz CT molecular complexity index is 845. The number of guanidine groups is 1. The Kier molecular flexibility index (Phi) is 6.32. The van der Waals surface area contributed by atoms with E-state index in [1.165, 1.54) is 35.4 Å². The lowest BCUT2D eigenvalue weighted by atomic mass is 9.72. The summed E-state index contributed by atoms with van der Waals surface area (Å²) in [4.78, 5) is 4.53. The molecule has 0 unspecified atom stereocenters. The van der Waals surface area contributed by atoms with E-state index in [9.17, 15) is 13.2 Å². The molecular formula is C21H24F3N3O2. The standard InChI is InChI=1S/C21H24F3N3O2/c1-15-4-2-3-5-18(15)20(10-12-28-13-11-20)14-26-19(25)27-16-6-8-17(9-7-16)29-21(22,23)24/h2-9H,10-14H2,1H3,(H3,25,26,27).